The van der Waals surface area contributed by atoms with Gasteiger partial charge in [-0.25, -0.2) is 4.39 Å². The van der Waals surface area contributed by atoms with Crippen molar-refractivity contribution < 1.29 is 4.39 Å². The second-order valence-electron chi connectivity index (χ2n) is 4.21. The molecule has 0 saturated heterocycles. The minimum atomic E-state index is -0.365. The van der Waals surface area contributed by atoms with Crippen molar-refractivity contribution in [1.29, 1.82) is 0 Å². The van der Waals surface area contributed by atoms with Crippen LogP contribution in [0.1, 0.15) is 30.5 Å². The lowest BCUT2D eigenvalue weighted by Crippen LogP contribution is -2.23. The number of rotatable bonds is 5. The molecule has 1 aromatic carbocycles. The number of benzene rings is 1. The fourth-order valence-corrected chi connectivity index (χ4v) is 3.06. The second-order valence-corrected chi connectivity index (χ2v) is 6.22. The monoisotopic (exact) mass is 361 g/mol. The molecule has 0 aliphatic carbocycles. The van der Waals surface area contributed by atoms with Crippen LogP contribution in [0.2, 0.25) is 5.02 Å². The van der Waals surface area contributed by atoms with Crippen LogP contribution in [0.5, 0.6) is 0 Å². The maximum atomic E-state index is 14.3. The highest BCUT2D eigenvalue weighted by Gasteiger charge is 2.20. The summed E-state index contributed by atoms with van der Waals surface area (Å²) in [5.74, 6) is -0.365. The highest BCUT2D eigenvalue weighted by molar-refractivity contribution is 9.10. The van der Waals surface area contributed by atoms with Crippen LogP contribution < -0.4 is 5.32 Å². The van der Waals surface area contributed by atoms with Crippen molar-refractivity contribution in [3.63, 3.8) is 0 Å². The van der Waals surface area contributed by atoms with Gasteiger partial charge < -0.3 is 5.32 Å². The van der Waals surface area contributed by atoms with Crippen molar-refractivity contribution in [1.82, 2.24) is 5.32 Å². The van der Waals surface area contributed by atoms with E-state index in [0.717, 1.165) is 18.5 Å². The SMILES string of the molecule is CCCNC(c1ccsc1)c1ccc(Br)c(Cl)c1F. The van der Waals surface area contributed by atoms with Crippen LogP contribution in [-0.2, 0) is 0 Å². The first-order chi connectivity index (χ1) is 9.15. The minimum Gasteiger partial charge on any atom is -0.306 e. The molecule has 1 N–H and O–H groups in total. The normalized spacial score (nSPS) is 12.6. The van der Waals surface area contributed by atoms with Crippen LogP contribution >= 0.6 is 38.9 Å². The third-order valence-electron chi connectivity index (χ3n) is 2.85. The van der Waals surface area contributed by atoms with E-state index in [1.54, 1.807) is 23.5 Å². The Hall–Kier alpha value is -0.420. The van der Waals surface area contributed by atoms with Crippen LogP contribution in [0.25, 0.3) is 0 Å². The Morgan fingerprint density at radius 1 is 1.42 bits per heavy atom. The largest absolute Gasteiger partial charge is 0.306 e. The van der Waals surface area contributed by atoms with Gasteiger partial charge in [-0.15, -0.1) is 0 Å². The minimum absolute atomic E-state index is 0.135. The van der Waals surface area contributed by atoms with Crippen molar-refractivity contribution in [2.45, 2.75) is 19.4 Å². The van der Waals surface area contributed by atoms with Crippen molar-refractivity contribution in [3.05, 3.63) is 55.4 Å². The Bertz CT molecular complexity index is 545. The van der Waals surface area contributed by atoms with E-state index in [9.17, 15) is 4.39 Å². The Morgan fingerprint density at radius 2 is 2.21 bits per heavy atom. The van der Waals surface area contributed by atoms with E-state index in [2.05, 4.69) is 28.2 Å². The highest BCUT2D eigenvalue weighted by Crippen LogP contribution is 2.33. The van der Waals surface area contributed by atoms with Crippen molar-refractivity contribution in [2.24, 2.45) is 0 Å². The molecule has 0 saturated carbocycles. The van der Waals surface area contributed by atoms with Gasteiger partial charge >= 0.3 is 0 Å². The predicted octanol–water partition coefficient (Wildman–Crippen LogP) is 5.39. The molecule has 1 aromatic heterocycles. The summed E-state index contributed by atoms with van der Waals surface area (Å²) in [4.78, 5) is 0. The van der Waals surface area contributed by atoms with Gasteiger partial charge in [0.1, 0.15) is 5.82 Å². The third kappa shape index (κ3) is 3.37. The molecule has 1 nitrogen and oxygen atoms in total. The van der Waals surface area contributed by atoms with Gasteiger partial charge in [-0.3, -0.25) is 0 Å². The lowest BCUT2D eigenvalue weighted by atomic mass is 10.0. The van der Waals surface area contributed by atoms with E-state index in [0.29, 0.717) is 10.0 Å². The first-order valence-electron chi connectivity index (χ1n) is 6.04. The predicted molar refractivity (Wildman–Crippen MR) is 83.6 cm³/mol. The molecule has 0 radical (unpaired) electrons. The molecular formula is C14H14BrClFNS. The maximum Gasteiger partial charge on any atom is 0.148 e. The first-order valence-corrected chi connectivity index (χ1v) is 8.15. The third-order valence-corrected chi connectivity index (χ3v) is 4.81. The summed E-state index contributed by atoms with van der Waals surface area (Å²) in [5, 5.41) is 7.53. The number of hydrogen-bond donors (Lipinski definition) is 1. The quantitative estimate of drug-likeness (QED) is 0.703. The van der Waals surface area contributed by atoms with E-state index in [4.69, 9.17) is 11.6 Å². The lowest BCUT2D eigenvalue weighted by Gasteiger charge is -2.19. The molecular weight excluding hydrogens is 349 g/mol. The molecule has 0 aliphatic rings. The summed E-state index contributed by atoms with van der Waals surface area (Å²) in [7, 11) is 0. The number of nitrogens with one attached hydrogen (secondary N) is 1. The summed E-state index contributed by atoms with van der Waals surface area (Å²) < 4.78 is 14.9. The van der Waals surface area contributed by atoms with Crippen molar-refractivity contribution in [2.75, 3.05) is 6.54 Å². The van der Waals surface area contributed by atoms with Gasteiger partial charge in [-0.2, -0.15) is 11.3 Å². The molecule has 1 unspecified atom stereocenters. The van der Waals surface area contributed by atoms with Crippen LogP contribution in [0.15, 0.2) is 33.4 Å². The van der Waals surface area contributed by atoms with Crippen LogP contribution in [0.4, 0.5) is 4.39 Å². The van der Waals surface area contributed by atoms with Gasteiger partial charge in [-0.1, -0.05) is 24.6 Å². The fraction of sp³-hybridized carbons (Fsp3) is 0.286. The van der Waals surface area contributed by atoms with Crippen LogP contribution in [-0.4, -0.2) is 6.54 Å². The van der Waals surface area contributed by atoms with Gasteiger partial charge in [0.25, 0.3) is 0 Å². The standard InChI is InChI=1S/C14H14BrClFNS/c1-2-6-18-14(9-5-7-19-8-9)10-3-4-11(15)12(16)13(10)17/h3-5,7-8,14,18H,2,6H2,1H3. The second kappa shape index (κ2) is 6.84. The zero-order valence-corrected chi connectivity index (χ0v) is 13.6. The number of thiophene rings is 1. The Morgan fingerprint density at radius 3 is 2.84 bits per heavy atom. The smallest absolute Gasteiger partial charge is 0.148 e. The number of halogens is 3. The molecule has 0 aliphatic heterocycles. The maximum absolute atomic E-state index is 14.3. The highest BCUT2D eigenvalue weighted by atomic mass is 79.9. The zero-order chi connectivity index (χ0) is 13.8. The molecule has 1 heterocycles. The van der Waals surface area contributed by atoms with E-state index in [-0.39, 0.29) is 16.9 Å². The molecule has 0 bridgehead atoms. The molecule has 102 valence electrons. The summed E-state index contributed by atoms with van der Waals surface area (Å²) >= 11 is 10.8. The van der Waals surface area contributed by atoms with Crippen molar-refractivity contribution >= 4 is 38.9 Å². The van der Waals surface area contributed by atoms with E-state index >= 15 is 0 Å². The lowest BCUT2D eigenvalue weighted by molar-refractivity contribution is 0.547. The average Bonchev–Trinajstić information content (AvgIpc) is 2.92. The molecule has 2 rings (SSSR count). The molecule has 0 fully saturated rings. The molecule has 19 heavy (non-hydrogen) atoms. The molecule has 5 heteroatoms. The Balaban J connectivity index is 2.41. The van der Waals surface area contributed by atoms with Crippen LogP contribution in [0.3, 0.4) is 0 Å². The summed E-state index contributed by atoms with van der Waals surface area (Å²) in [6.45, 7) is 2.91. The van der Waals surface area contributed by atoms with Gasteiger partial charge in [0, 0.05) is 10.0 Å². The molecule has 0 amide bonds. The summed E-state index contributed by atoms with van der Waals surface area (Å²) in [6.07, 6.45) is 0.993. The summed E-state index contributed by atoms with van der Waals surface area (Å²) in [5.41, 5.74) is 1.65. The van der Waals surface area contributed by atoms with E-state index < -0.39 is 0 Å². The first kappa shape index (κ1) is 15.0. The summed E-state index contributed by atoms with van der Waals surface area (Å²) in [6, 6.07) is 5.41. The zero-order valence-electron chi connectivity index (χ0n) is 10.4. The molecule has 2 aromatic rings. The Labute approximate surface area is 129 Å². The number of hydrogen-bond acceptors (Lipinski definition) is 2. The fourth-order valence-electron chi connectivity index (χ4n) is 1.90. The topological polar surface area (TPSA) is 12.0 Å². The Kier molecular flexibility index (Phi) is 5.39. The van der Waals surface area contributed by atoms with Crippen molar-refractivity contribution in [3.8, 4) is 0 Å². The van der Waals surface area contributed by atoms with Gasteiger partial charge in [0.2, 0.25) is 0 Å². The molecule has 1 atom stereocenters. The van der Waals surface area contributed by atoms with Gasteiger partial charge in [0.15, 0.2) is 0 Å². The van der Waals surface area contributed by atoms with Crippen LogP contribution in [0, 0.1) is 5.82 Å². The van der Waals surface area contributed by atoms with Gasteiger partial charge in [-0.05, 0) is 57.4 Å². The molecule has 0 spiro atoms. The van der Waals surface area contributed by atoms with Gasteiger partial charge in [0.05, 0.1) is 11.1 Å². The average molecular weight is 363 g/mol. The van der Waals surface area contributed by atoms with E-state index in [1.807, 2.05) is 16.8 Å². The van der Waals surface area contributed by atoms with E-state index in [1.165, 1.54) is 0 Å².